The van der Waals surface area contributed by atoms with Crippen LogP contribution in [-0.2, 0) is 0 Å². The van der Waals surface area contributed by atoms with Crippen molar-refractivity contribution in [2.75, 3.05) is 10.6 Å². The van der Waals surface area contributed by atoms with E-state index in [0.717, 1.165) is 16.8 Å². The number of halogens is 1. The zero-order valence-corrected chi connectivity index (χ0v) is 16.6. The van der Waals surface area contributed by atoms with Crippen LogP contribution in [-0.4, -0.2) is 15.5 Å². The molecule has 1 aliphatic heterocycles. The number of hydrogen-bond acceptors (Lipinski definition) is 4. The molecule has 7 heteroatoms. The molecule has 6 nitrogen and oxygen atoms in total. The molecule has 0 bridgehead atoms. The van der Waals surface area contributed by atoms with E-state index in [0.29, 0.717) is 22.6 Å². The first kappa shape index (κ1) is 18.3. The summed E-state index contributed by atoms with van der Waals surface area (Å²) >= 11 is 6.19. The third kappa shape index (κ3) is 3.39. The highest BCUT2D eigenvalue weighted by atomic mass is 35.5. The van der Waals surface area contributed by atoms with Crippen LogP contribution in [0.3, 0.4) is 0 Å². The fraction of sp³-hybridized carbons (Fsp3) is 0.190. The van der Waals surface area contributed by atoms with E-state index in [9.17, 15) is 4.79 Å². The Hall–Kier alpha value is -3.12. The van der Waals surface area contributed by atoms with Crippen molar-refractivity contribution in [1.29, 1.82) is 0 Å². The fourth-order valence-corrected chi connectivity index (χ4v) is 3.49. The topological polar surface area (TPSA) is 72.9 Å². The Morgan fingerprint density at radius 3 is 2.71 bits per heavy atom. The number of hydrogen-bond donors (Lipinski definition) is 3. The maximum Gasteiger partial charge on any atom is 0.357 e. The van der Waals surface area contributed by atoms with E-state index in [4.69, 9.17) is 11.6 Å². The molecule has 2 heterocycles. The molecule has 1 atom stereocenters. The van der Waals surface area contributed by atoms with Gasteiger partial charge in [-0.3, -0.25) is 9.79 Å². The highest BCUT2D eigenvalue weighted by Crippen LogP contribution is 2.21. The van der Waals surface area contributed by atoms with Crippen molar-refractivity contribution in [3.05, 3.63) is 86.3 Å². The number of aromatic nitrogens is 2. The van der Waals surface area contributed by atoms with E-state index >= 15 is 0 Å². The van der Waals surface area contributed by atoms with E-state index < -0.39 is 6.17 Å². The van der Waals surface area contributed by atoms with Crippen LogP contribution in [0.2, 0.25) is 5.02 Å². The van der Waals surface area contributed by atoms with Crippen LogP contribution in [0.4, 0.5) is 11.6 Å². The second-order valence-corrected chi connectivity index (χ2v) is 7.34. The molecule has 142 valence electrons. The van der Waals surface area contributed by atoms with Crippen LogP contribution >= 0.6 is 11.6 Å². The highest BCUT2D eigenvalue weighted by Gasteiger charge is 2.29. The van der Waals surface area contributed by atoms with Gasteiger partial charge in [-0.25, -0.2) is 20.2 Å². The number of fused-ring (bicyclic) bond motifs is 1. The summed E-state index contributed by atoms with van der Waals surface area (Å²) in [6.45, 7) is 5.94. The first-order valence-corrected chi connectivity index (χ1v) is 9.39. The quantitative estimate of drug-likeness (QED) is 0.623. The van der Waals surface area contributed by atoms with E-state index in [1.54, 1.807) is 11.5 Å². The first-order valence-electron chi connectivity index (χ1n) is 9.02. The van der Waals surface area contributed by atoms with Crippen LogP contribution in [0.1, 0.15) is 28.6 Å². The molecule has 0 spiro atoms. The summed E-state index contributed by atoms with van der Waals surface area (Å²) in [4.78, 5) is 20.6. The van der Waals surface area contributed by atoms with Crippen molar-refractivity contribution in [2.45, 2.75) is 26.9 Å². The summed E-state index contributed by atoms with van der Waals surface area (Å²) in [7, 11) is 0. The van der Waals surface area contributed by atoms with Gasteiger partial charge in [-0.2, -0.15) is 0 Å². The van der Waals surface area contributed by atoms with Crippen LogP contribution in [0.5, 0.6) is 0 Å². The second-order valence-electron chi connectivity index (χ2n) is 6.90. The maximum absolute atomic E-state index is 12.7. The highest BCUT2D eigenvalue weighted by molar-refractivity contribution is 6.30. The third-order valence-electron chi connectivity index (χ3n) is 4.89. The lowest BCUT2D eigenvalue weighted by molar-refractivity contribution is -0.520. The van der Waals surface area contributed by atoms with E-state index in [1.165, 1.54) is 11.6 Å². The molecule has 3 aromatic rings. The largest absolute Gasteiger partial charge is 0.357 e. The number of guanidine groups is 1. The summed E-state index contributed by atoms with van der Waals surface area (Å²) in [5, 5.41) is 7.20. The van der Waals surface area contributed by atoms with Gasteiger partial charge in [0, 0.05) is 22.3 Å². The predicted molar refractivity (Wildman–Crippen MR) is 112 cm³/mol. The van der Waals surface area contributed by atoms with Gasteiger partial charge in [0.05, 0.1) is 0 Å². The molecule has 2 aromatic carbocycles. The van der Waals surface area contributed by atoms with Crippen molar-refractivity contribution in [3.63, 3.8) is 0 Å². The van der Waals surface area contributed by atoms with Crippen molar-refractivity contribution in [3.8, 4) is 0 Å². The molecule has 28 heavy (non-hydrogen) atoms. The summed E-state index contributed by atoms with van der Waals surface area (Å²) in [6, 6.07) is 15.1. The summed E-state index contributed by atoms with van der Waals surface area (Å²) in [6.07, 6.45) is -0.442. The number of rotatable bonds is 2. The molecule has 0 radical (unpaired) electrons. The Kier molecular flexibility index (Phi) is 4.65. The van der Waals surface area contributed by atoms with Crippen LogP contribution in [0.15, 0.2) is 53.3 Å². The lowest BCUT2D eigenvalue weighted by Crippen LogP contribution is -2.82. The molecule has 3 N–H and O–H groups in total. The molecule has 1 aliphatic rings. The van der Waals surface area contributed by atoms with Gasteiger partial charge in [-0.1, -0.05) is 35.9 Å². The van der Waals surface area contributed by atoms with Gasteiger partial charge < -0.3 is 0 Å². The molecule has 0 amide bonds. The standard InChI is InChI=1S/C21H20ClN5O/c1-12-6-4-9-17(14(12)3)24-20-25-19(15-7-5-8-16(22)11-15)27-18(28)10-13(2)23-21(27)26-20/h4-11,19H,1-3H3,(H2,23,24,25,26)/p+1/t19-/m1/s1. The zero-order chi connectivity index (χ0) is 19.8. The minimum Gasteiger partial charge on any atom is -0.269 e. The Labute approximate surface area is 167 Å². The molecular formula is C21H21ClN5O+. The van der Waals surface area contributed by atoms with Crippen molar-refractivity contribution >= 4 is 29.2 Å². The lowest BCUT2D eigenvalue weighted by atomic mass is 10.1. The summed E-state index contributed by atoms with van der Waals surface area (Å²) < 4.78 is 1.59. The third-order valence-corrected chi connectivity index (χ3v) is 5.12. The average Bonchev–Trinajstić information content (AvgIpc) is 2.64. The Balaban J connectivity index is 1.82. The molecule has 4 rings (SSSR count). The van der Waals surface area contributed by atoms with Gasteiger partial charge in [0.2, 0.25) is 0 Å². The van der Waals surface area contributed by atoms with Crippen molar-refractivity contribution in [2.24, 2.45) is 0 Å². The Bertz CT molecular complexity index is 1150. The number of nitrogens with zero attached hydrogens (tertiary/aromatic N) is 2. The molecule has 0 fully saturated rings. The van der Waals surface area contributed by atoms with Gasteiger partial charge in [-0.15, -0.1) is 0 Å². The lowest BCUT2D eigenvalue weighted by Gasteiger charge is -2.23. The van der Waals surface area contributed by atoms with Gasteiger partial charge in [0.25, 0.3) is 11.5 Å². The molecular weight excluding hydrogens is 374 g/mol. The van der Waals surface area contributed by atoms with Crippen molar-refractivity contribution < 1.29 is 4.99 Å². The summed E-state index contributed by atoms with van der Waals surface area (Å²) in [5.74, 6) is 1.12. The minimum absolute atomic E-state index is 0.140. The smallest absolute Gasteiger partial charge is 0.269 e. The van der Waals surface area contributed by atoms with Gasteiger partial charge in [0.15, 0.2) is 6.17 Å². The second kappa shape index (κ2) is 7.13. The van der Waals surface area contributed by atoms with Crippen LogP contribution in [0.25, 0.3) is 0 Å². The summed E-state index contributed by atoms with van der Waals surface area (Å²) in [5.41, 5.74) is 4.70. The SMILES string of the molecule is Cc1cc(=O)n2c(n1)NC(Nc1cccc(C)c1C)=[NH+][C@H]2c1cccc(Cl)c1. The fourth-order valence-electron chi connectivity index (χ4n) is 3.29. The number of aryl methyl sites for hydroxylation is 2. The first-order chi connectivity index (χ1) is 13.4. The number of nitrogens with one attached hydrogen (secondary N) is 3. The van der Waals surface area contributed by atoms with Crippen molar-refractivity contribution in [1.82, 2.24) is 9.55 Å². The average molecular weight is 395 g/mol. The molecule has 0 saturated carbocycles. The van der Waals surface area contributed by atoms with Gasteiger partial charge in [0.1, 0.15) is 5.69 Å². The molecule has 0 aliphatic carbocycles. The molecule has 0 saturated heterocycles. The minimum atomic E-state index is -0.442. The van der Waals surface area contributed by atoms with Gasteiger partial charge in [-0.05, 0) is 50.1 Å². The monoisotopic (exact) mass is 394 g/mol. The maximum atomic E-state index is 12.7. The predicted octanol–water partition coefficient (Wildman–Crippen LogP) is 2.34. The Morgan fingerprint density at radius 1 is 1.14 bits per heavy atom. The Morgan fingerprint density at radius 2 is 1.93 bits per heavy atom. The van der Waals surface area contributed by atoms with E-state index in [-0.39, 0.29) is 5.56 Å². The van der Waals surface area contributed by atoms with E-state index in [1.807, 2.05) is 36.4 Å². The van der Waals surface area contributed by atoms with E-state index in [2.05, 4.69) is 40.5 Å². The molecule has 1 aromatic heterocycles. The van der Waals surface area contributed by atoms with Gasteiger partial charge >= 0.3 is 5.96 Å². The zero-order valence-electron chi connectivity index (χ0n) is 15.9. The van der Waals surface area contributed by atoms with Crippen LogP contribution in [0, 0.1) is 20.8 Å². The molecule has 0 unspecified atom stereocenters. The number of anilines is 2. The van der Waals surface area contributed by atoms with Crippen LogP contribution < -0.4 is 21.2 Å². The normalized spacial score (nSPS) is 15.4. The number of benzene rings is 2.